The van der Waals surface area contributed by atoms with E-state index < -0.39 is 0 Å². The van der Waals surface area contributed by atoms with Crippen LogP contribution in [0.25, 0.3) is 92.2 Å². The van der Waals surface area contributed by atoms with Crippen LogP contribution in [0.3, 0.4) is 0 Å². The highest BCUT2D eigenvalue weighted by atomic mass is 32.1. The first kappa shape index (κ1) is 33.7. The predicted octanol–water partition coefficient (Wildman–Crippen LogP) is 16.2. The molecule has 11 aromatic rings. The summed E-state index contributed by atoms with van der Waals surface area (Å²) >= 11 is 1.87. The number of anilines is 3. The summed E-state index contributed by atoms with van der Waals surface area (Å²) in [4.78, 5) is 2.53. The molecule has 3 heteroatoms. The van der Waals surface area contributed by atoms with Crippen molar-refractivity contribution < 1.29 is 0 Å². The molecule has 13 rings (SSSR count). The van der Waals surface area contributed by atoms with Crippen molar-refractivity contribution in [2.75, 3.05) is 4.90 Å². The Balaban J connectivity index is 1.14. The van der Waals surface area contributed by atoms with Gasteiger partial charge in [0.05, 0.1) is 16.7 Å². The maximum absolute atomic E-state index is 2.55. The average molecular weight is 783 g/mol. The number of para-hydroxylation sites is 2. The van der Waals surface area contributed by atoms with Gasteiger partial charge in [0.15, 0.2) is 0 Å². The Labute approximate surface area is 352 Å². The van der Waals surface area contributed by atoms with Crippen molar-refractivity contribution in [3.63, 3.8) is 0 Å². The van der Waals surface area contributed by atoms with Gasteiger partial charge < -0.3 is 9.47 Å². The first-order valence-electron chi connectivity index (χ1n) is 20.8. The largest absolute Gasteiger partial charge is 0.310 e. The molecule has 0 fully saturated rings. The zero-order chi connectivity index (χ0) is 39.7. The quantitative estimate of drug-likeness (QED) is 0.169. The molecule has 9 aromatic carbocycles. The van der Waals surface area contributed by atoms with Crippen molar-refractivity contribution >= 4 is 70.4 Å². The number of aromatic nitrogens is 1. The van der Waals surface area contributed by atoms with E-state index in [0.29, 0.717) is 0 Å². The van der Waals surface area contributed by atoms with Crippen molar-refractivity contribution in [2.45, 2.75) is 19.3 Å². The number of hydrogen-bond donors (Lipinski definition) is 0. The molecule has 2 aromatic heterocycles. The highest BCUT2D eigenvalue weighted by Gasteiger charge is 2.42. The molecule has 0 radical (unpaired) electrons. The fourth-order valence-electron chi connectivity index (χ4n) is 10.5. The molecule has 0 N–H and O–H groups in total. The maximum Gasteiger partial charge on any atom is 0.0623 e. The monoisotopic (exact) mass is 782 g/mol. The molecule has 282 valence electrons. The van der Waals surface area contributed by atoms with Gasteiger partial charge in [-0.1, -0.05) is 147 Å². The van der Waals surface area contributed by atoms with E-state index in [-0.39, 0.29) is 5.41 Å². The lowest BCUT2D eigenvalue weighted by Crippen LogP contribution is -2.17. The zero-order valence-corrected chi connectivity index (χ0v) is 34.1. The van der Waals surface area contributed by atoms with Gasteiger partial charge >= 0.3 is 0 Å². The van der Waals surface area contributed by atoms with Crippen LogP contribution in [0.5, 0.6) is 0 Å². The van der Waals surface area contributed by atoms with Crippen LogP contribution < -0.4 is 4.90 Å². The summed E-state index contributed by atoms with van der Waals surface area (Å²) in [5.74, 6) is 0. The SMILES string of the molecule is CC1(C)c2cc(N(c3cc(-c4ccccc4)cc(-c4ccccc4)c3)c3ccc4c(c3)sc3ccccc34)cc3c2-c2c1ccc1c4ccccc4n(c21)-c1ccccc1-3. The first-order valence-corrected chi connectivity index (χ1v) is 21.7. The van der Waals surface area contributed by atoms with Crippen molar-refractivity contribution in [1.82, 2.24) is 4.57 Å². The molecule has 0 amide bonds. The third kappa shape index (κ3) is 4.70. The topological polar surface area (TPSA) is 8.17 Å². The van der Waals surface area contributed by atoms with E-state index in [1.54, 1.807) is 0 Å². The Kier molecular flexibility index (Phi) is 6.98. The normalized spacial score (nSPS) is 13.3. The minimum absolute atomic E-state index is 0.237. The molecule has 2 aliphatic rings. The number of benzene rings is 9. The van der Waals surface area contributed by atoms with E-state index in [1.807, 2.05) is 11.3 Å². The minimum atomic E-state index is -0.237. The van der Waals surface area contributed by atoms with E-state index >= 15 is 0 Å². The van der Waals surface area contributed by atoms with Gasteiger partial charge in [-0.15, -0.1) is 11.3 Å². The average Bonchev–Trinajstić information content (AvgIpc) is 3.88. The lowest BCUT2D eigenvalue weighted by Gasteiger charge is -2.30. The second kappa shape index (κ2) is 12.4. The number of thiophene rings is 1. The molecular weight excluding hydrogens is 745 g/mol. The standard InChI is InChI=1S/C57H38N2S/c1-57(2)48-28-27-46-42-19-9-12-22-50(42)59-51-23-13-10-20-43(51)47-32-41(33-49(57)54(47)55(48)56(46)59)58(39-25-26-45-44-21-11-14-24-52(44)60-53(45)34-39)40-30-37(35-15-5-3-6-16-35)29-38(31-40)36-17-7-4-8-18-36/h3-34H,1-2H3. The molecule has 1 aliphatic carbocycles. The summed E-state index contributed by atoms with van der Waals surface area (Å²) in [5, 5.41) is 5.22. The molecule has 0 atom stereocenters. The highest BCUT2D eigenvalue weighted by molar-refractivity contribution is 7.25. The van der Waals surface area contributed by atoms with Crippen LogP contribution in [0.15, 0.2) is 194 Å². The van der Waals surface area contributed by atoms with Crippen LogP contribution in [0.2, 0.25) is 0 Å². The lowest BCUT2D eigenvalue weighted by molar-refractivity contribution is 0.661. The third-order valence-corrected chi connectivity index (χ3v) is 14.4. The van der Waals surface area contributed by atoms with Gasteiger partial charge in [-0.3, -0.25) is 0 Å². The van der Waals surface area contributed by atoms with Gasteiger partial charge in [0, 0.05) is 64.5 Å². The number of rotatable bonds is 5. The molecule has 0 spiro atoms. The van der Waals surface area contributed by atoms with E-state index in [4.69, 9.17) is 0 Å². The van der Waals surface area contributed by atoms with Crippen molar-refractivity contribution in [3.8, 4) is 50.2 Å². The smallest absolute Gasteiger partial charge is 0.0623 e. The second-order valence-corrected chi connectivity index (χ2v) is 18.0. The highest BCUT2D eigenvalue weighted by Crippen LogP contribution is 2.59. The molecule has 0 unspecified atom stereocenters. The van der Waals surface area contributed by atoms with Crippen molar-refractivity contribution in [3.05, 3.63) is 205 Å². The van der Waals surface area contributed by atoms with Crippen LogP contribution >= 0.6 is 11.3 Å². The fraction of sp³-hybridized carbons (Fsp3) is 0.0526. The maximum atomic E-state index is 2.55. The summed E-state index contributed by atoms with van der Waals surface area (Å²) in [5.41, 5.74) is 19.7. The molecular formula is C57H38N2S. The van der Waals surface area contributed by atoms with Crippen molar-refractivity contribution in [1.29, 1.82) is 0 Å². The van der Waals surface area contributed by atoms with Crippen molar-refractivity contribution in [2.24, 2.45) is 0 Å². The van der Waals surface area contributed by atoms with Gasteiger partial charge in [0.2, 0.25) is 0 Å². The van der Waals surface area contributed by atoms with Crippen LogP contribution in [0.1, 0.15) is 25.0 Å². The van der Waals surface area contributed by atoms with Crippen LogP contribution in [0.4, 0.5) is 17.1 Å². The van der Waals surface area contributed by atoms with E-state index in [9.17, 15) is 0 Å². The van der Waals surface area contributed by atoms with Gasteiger partial charge in [-0.25, -0.2) is 0 Å². The molecule has 0 saturated carbocycles. The molecule has 0 saturated heterocycles. The van der Waals surface area contributed by atoms with Gasteiger partial charge in [-0.05, 0) is 105 Å². The van der Waals surface area contributed by atoms with E-state index in [2.05, 4.69) is 217 Å². The van der Waals surface area contributed by atoms with Crippen LogP contribution in [-0.2, 0) is 5.41 Å². The zero-order valence-electron chi connectivity index (χ0n) is 33.3. The number of fused-ring (bicyclic) bond motifs is 9. The third-order valence-electron chi connectivity index (χ3n) is 13.3. The summed E-state index contributed by atoms with van der Waals surface area (Å²) in [6.45, 7) is 4.85. The second-order valence-electron chi connectivity index (χ2n) is 16.9. The molecule has 2 nitrogen and oxygen atoms in total. The van der Waals surface area contributed by atoms with Gasteiger partial charge in [0.25, 0.3) is 0 Å². The summed E-state index contributed by atoms with van der Waals surface area (Å²) in [7, 11) is 0. The van der Waals surface area contributed by atoms with Gasteiger partial charge in [0.1, 0.15) is 0 Å². The number of nitrogens with zero attached hydrogens (tertiary/aromatic N) is 2. The summed E-state index contributed by atoms with van der Waals surface area (Å²) < 4.78 is 5.14. The van der Waals surface area contributed by atoms with E-state index in [1.165, 1.54) is 103 Å². The predicted molar refractivity (Wildman–Crippen MR) is 256 cm³/mol. The Morgan fingerprint density at radius 3 is 1.83 bits per heavy atom. The Morgan fingerprint density at radius 1 is 0.417 bits per heavy atom. The molecule has 1 aliphatic heterocycles. The molecule has 3 heterocycles. The minimum Gasteiger partial charge on any atom is -0.310 e. The Hall–Kier alpha value is -7.20. The lowest BCUT2D eigenvalue weighted by atomic mass is 9.81. The summed E-state index contributed by atoms with van der Waals surface area (Å²) in [6, 6.07) is 72.4. The Morgan fingerprint density at radius 2 is 1.05 bits per heavy atom. The first-order chi connectivity index (χ1) is 29.5. The number of hydrogen-bond acceptors (Lipinski definition) is 2. The van der Waals surface area contributed by atoms with Crippen LogP contribution in [0, 0.1) is 0 Å². The van der Waals surface area contributed by atoms with Crippen LogP contribution in [-0.4, -0.2) is 4.57 Å². The van der Waals surface area contributed by atoms with Gasteiger partial charge in [-0.2, -0.15) is 0 Å². The Bertz CT molecular complexity index is 3510. The fourth-order valence-corrected chi connectivity index (χ4v) is 11.6. The van der Waals surface area contributed by atoms with E-state index in [0.717, 1.165) is 17.1 Å². The molecule has 0 bridgehead atoms. The molecule has 60 heavy (non-hydrogen) atoms. The summed E-state index contributed by atoms with van der Waals surface area (Å²) in [6.07, 6.45) is 0.